The minimum Gasteiger partial charge on any atom is -0.355 e. The predicted octanol–water partition coefficient (Wildman–Crippen LogP) is 13.7. The Balaban J connectivity index is 1.08. The van der Waals surface area contributed by atoms with E-state index in [-0.39, 0.29) is 35.9 Å². The van der Waals surface area contributed by atoms with E-state index in [4.69, 9.17) is 4.99 Å². The molecule has 4 heterocycles. The number of para-hydroxylation sites is 1. The SMILES string of the molecule is CC1C(C2=C=C(C3=CC=CCC3)NC(C3=CCCCC3)N2)=C(N2c3ccccc3C3c4c(sc5c4C=CCC5)C=CC32)N=CC1c1c(-c2ccccc2)cccc1C1C=CC=CC1. The molecule has 0 amide bonds. The molecule has 6 atom stereocenters. The van der Waals surface area contributed by atoms with Gasteiger partial charge in [0, 0.05) is 45.0 Å². The van der Waals surface area contributed by atoms with E-state index in [1.165, 1.54) is 83.9 Å². The van der Waals surface area contributed by atoms with Crippen LogP contribution in [-0.2, 0) is 6.42 Å². The molecule has 0 bridgehead atoms. The molecule has 0 saturated heterocycles. The predicted molar refractivity (Wildman–Crippen MR) is 264 cm³/mol. The fraction of sp³-hybridized carbons (Fsp3) is 0.276. The van der Waals surface area contributed by atoms with Crippen molar-refractivity contribution < 1.29 is 0 Å². The summed E-state index contributed by atoms with van der Waals surface area (Å²) < 4.78 is 0. The van der Waals surface area contributed by atoms with Crippen molar-refractivity contribution in [1.82, 2.24) is 10.6 Å². The second-order valence-corrected chi connectivity index (χ2v) is 19.5. The number of aryl methyl sites for hydroxylation is 1. The molecule has 5 aliphatic carbocycles. The highest BCUT2D eigenvalue weighted by Gasteiger charge is 2.47. The van der Waals surface area contributed by atoms with Crippen molar-refractivity contribution in [3.05, 3.63) is 211 Å². The van der Waals surface area contributed by atoms with Gasteiger partial charge in [-0.3, -0.25) is 0 Å². The van der Waals surface area contributed by atoms with Crippen LogP contribution in [0.2, 0.25) is 0 Å². The van der Waals surface area contributed by atoms with Crippen LogP contribution in [0.4, 0.5) is 5.69 Å². The summed E-state index contributed by atoms with van der Waals surface area (Å²) in [7, 11) is 0. The Labute approximate surface area is 376 Å². The van der Waals surface area contributed by atoms with Crippen LogP contribution in [0.3, 0.4) is 0 Å². The Hall–Kier alpha value is -6.13. The Kier molecular flexibility index (Phi) is 9.92. The van der Waals surface area contributed by atoms with Gasteiger partial charge in [0.05, 0.1) is 17.4 Å². The summed E-state index contributed by atoms with van der Waals surface area (Å²) in [5.74, 6) is 1.63. The number of hydrogen-bond acceptors (Lipinski definition) is 5. The van der Waals surface area contributed by atoms with E-state index in [0.717, 1.165) is 62.2 Å². The van der Waals surface area contributed by atoms with Gasteiger partial charge in [-0.1, -0.05) is 146 Å². The maximum Gasteiger partial charge on any atom is 0.139 e. The van der Waals surface area contributed by atoms with Crippen LogP contribution < -0.4 is 15.5 Å². The lowest BCUT2D eigenvalue weighted by Crippen LogP contribution is -2.47. The second kappa shape index (κ2) is 16.2. The molecule has 3 aliphatic heterocycles. The zero-order valence-electron chi connectivity index (χ0n) is 36.1. The van der Waals surface area contributed by atoms with Gasteiger partial charge in [-0.25, -0.2) is 4.99 Å². The van der Waals surface area contributed by atoms with Gasteiger partial charge in [0.15, 0.2) is 0 Å². The standard InChI is InChI=1S/C58H54N4S/c1-37-46(54-42(38-19-6-2-7-20-38)29-18-30-43(54)39-21-8-3-9-22-39)36-59-58(53(37)48-35-47(40-23-10-4-11-24-40)60-57(61-48)41-25-12-5-13-26-41)62-49-31-16-14-27-44(49)55-50(62)33-34-52-56(55)45-28-15-17-32-51(45)63-52/h2-4,6-10,14-16,18-21,23,25,27-31,33-34,36-37,39,46,50,55,57,60-61H,5,11-13,17,22,24,26,32H2,1H3. The highest BCUT2D eigenvalue weighted by atomic mass is 32.1. The molecule has 6 unspecified atom stereocenters. The van der Waals surface area contributed by atoms with Crippen LogP contribution in [-0.4, -0.2) is 18.4 Å². The molecule has 4 nitrogen and oxygen atoms in total. The van der Waals surface area contributed by atoms with Gasteiger partial charge in [-0.2, -0.15) is 0 Å². The summed E-state index contributed by atoms with van der Waals surface area (Å²) in [5, 5.41) is 8.13. The lowest BCUT2D eigenvalue weighted by Gasteiger charge is -2.40. The molecule has 0 saturated carbocycles. The zero-order chi connectivity index (χ0) is 41.9. The van der Waals surface area contributed by atoms with Crippen molar-refractivity contribution in [2.75, 3.05) is 4.90 Å². The number of rotatable bonds is 7. The lowest BCUT2D eigenvalue weighted by atomic mass is 9.73. The number of benzene rings is 3. The van der Waals surface area contributed by atoms with E-state index in [1.807, 2.05) is 11.3 Å². The second-order valence-electron chi connectivity index (χ2n) is 18.4. The molecular formula is C58H54N4S. The van der Waals surface area contributed by atoms with E-state index in [1.54, 1.807) is 0 Å². The number of hydrogen-bond donors (Lipinski definition) is 2. The summed E-state index contributed by atoms with van der Waals surface area (Å²) in [5.41, 5.74) is 21.2. The number of allylic oxidation sites excluding steroid dienone is 10. The Bertz CT molecular complexity index is 2860. The first kappa shape index (κ1) is 38.5. The molecule has 4 aromatic rings. The third-order valence-electron chi connectivity index (χ3n) is 14.7. The minimum absolute atomic E-state index is 0.0140. The highest BCUT2D eigenvalue weighted by molar-refractivity contribution is 7.13. The summed E-state index contributed by atoms with van der Waals surface area (Å²) in [4.78, 5) is 11.4. The monoisotopic (exact) mass is 838 g/mol. The van der Waals surface area contributed by atoms with Gasteiger partial charge in [-0.05, 0) is 126 Å². The van der Waals surface area contributed by atoms with Crippen LogP contribution in [0.5, 0.6) is 0 Å². The van der Waals surface area contributed by atoms with Gasteiger partial charge in [-0.15, -0.1) is 11.3 Å². The smallest absolute Gasteiger partial charge is 0.139 e. The Morgan fingerprint density at radius 3 is 2.49 bits per heavy atom. The number of nitrogens with one attached hydrogen (secondary N) is 2. The van der Waals surface area contributed by atoms with E-state index < -0.39 is 0 Å². The van der Waals surface area contributed by atoms with Crippen LogP contribution in [0, 0.1) is 5.92 Å². The van der Waals surface area contributed by atoms with Crippen molar-refractivity contribution in [2.24, 2.45) is 10.9 Å². The van der Waals surface area contributed by atoms with E-state index in [0.29, 0.717) is 0 Å². The number of aliphatic imine (C=N–C) groups is 1. The fourth-order valence-corrected chi connectivity index (χ4v) is 13.0. The van der Waals surface area contributed by atoms with Crippen molar-refractivity contribution in [3.63, 3.8) is 0 Å². The molecule has 0 fully saturated rings. The summed E-state index contributed by atoms with van der Waals surface area (Å²) in [6, 6.07) is 27.3. The zero-order valence-corrected chi connectivity index (χ0v) is 36.9. The van der Waals surface area contributed by atoms with Crippen LogP contribution in [0.1, 0.15) is 114 Å². The number of thiophene rings is 1. The molecular weight excluding hydrogens is 785 g/mol. The molecule has 2 N–H and O–H groups in total. The molecule has 63 heavy (non-hydrogen) atoms. The number of fused-ring (bicyclic) bond motifs is 7. The van der Waals surface area contributed by atoms with Crippen LogP contribution in [0.15, 0.2) is 178 Å². The van der Waals surface area contributed by atoms with Crippen molar-refractivity contribution in [3.8, 4) is 11.1 Å². The number of nitrogens with zero attached hydrogens (tertiary/aromatic N) is 2. The molecule has 0 radical (unpaired) electrons. The molecule has 12 rings (SSSR count). The molecule has 1 aromatic heterocycles. The lowest BCUT2D eigenvalue weighted by molar-refractivity contribution is 0.501. The van der Waals surface area contributed by atoms with E-state index in [9.17, 15) is 0 Å². The largest absolute Gasteiger partial charge is 0.355 e. The maximum atomic E-state index is 5.83. The average Bonchev–Trinajstić information content (AvgIpc) is 3.90. The quantitative estimate of drug-likeness (QED) is 0.144. The van der Waals surface area contributed by atoms with Gasteiger partial charge in [0.25, 0.3) is 0 Å². The Morgan fingerprint density at radius 2 is 1.63 bits per heavy atom. The topological polar surface area (TPSA) is 39.7 Å². The number of anilines is 1. The maximum absolute atomic E-state index is 5.83. The minimum atomic E-state index is -0.0140. The molecule has 3 aromatic carbocycles. The molecule has 8 aliphatic rings. The summed E-state index contributed by atoms with van der Waals surface area (Å²) in [6.45, 7) is 2.47. The Morgan fingerprint density at radius 1 is 0.762 bits per heavy atom. The van der Waals surface area contributed by atoms with E-state index in [2.05, 4.69) is 180 Å². The fourth-order valence-electron chi connectivity index (χ4n) is 11.7. The van der Waals surface area contributed by atoms with Gasteiger partial charge >= 0.3 is 0 Å². The third-order valence-corrected chi connectivity index (χ3v) is 16.0. The third kappa shape index (κ3) is 6.67. The normalized spacial score (nSPS) is 26.5. The van der Waals surface area contributed by atoms with E-state index >= 15 is 0 Å². The van der Waals surface area contributed by atoms with Crippen LogP contribution >= 0.6 is 11.3 Å². The van der Waals surface area contributed by atoms with Crippen molar-refractivity contribution in [2.45, 2.75) is 94.7 Å². The first-order chi connectivity index (χ1) is 31.2. The summed E-state index contributed by atoms with van der Waals surface area (Å²) in [6.07, 6.45) is 40.4. The first-order valence-corrected chi connectivity index (χ1v) is 24.3. The van der Waals surface area contributed by atoms with Gasteiger partial charge in [0.2, 0.25) is 0 Å². The summed E-state index contributed by atoms with van der Waals surface area (Å²) >= 11 is 2.00. The van der Waals surface area contributed by atoms with Crippen LogP contribution in [0.25, 0.3) is 23.3 Å². The molecule has 5 heteroatoms. The van der Waals surface area contributed by atoms with Crippen molar-refractivity contribution in [1.29, 1.82) is 0 Å². The molecule has 312 valence electrons. The molecule has 0 spiro atoms. The highest BCUT2D eigenvalue weighted by Crippen LogP contribution is 2.56. The first-order valence-electron chi connectivity index (χ1n) is 23.5. The average molecular weight is 839 g/mol. The van der Waals surface area contributed by atoms with Crippen molar-refractivity contribution >= 4 is 35.4 Å². The van der Waals surface area contributed by atoms with Gasteiger partial charge in [0.1, 0.15) is 12.0 Å². The van der Waals surface area contributed by atoms with Gasteiger partial charge < -0.3 is 15.5 Å².